The Balaban J connectivity index is 2.22. The van der Waals surface area contributed by atoms with Crippen molar-refractivity contribution in [2.24, 2.45) is 5.73 Å². The largest absolute Gasteiger partial charge is 0.337 e. The third-order valence-corrected chi connectivity index (χ3v) is 3.07. The number of hydrogen-bond acceptors (Lipinski definition) is 3. The molecule has 2 heterocycles. The number of hydrogen-bond donors (Lipinski definition) is 1. The van der Waals surface area contributed by atoms with Crippen molar-refractivity contribution in [2.45, 2.75) is 13.0 Å². The fourth-order valence-electron chi connectivity index (χ4n) is 2.04. The SMILES string of the molecule is C[C@H](N)C(=O)N(C)CC(=O)c1ccn2cc(F)ccc12. The van der Waals surface area contributed by atoms with Gasteiger partial charge in [0.25, 0.3) is 0 Å². The minimum atomic E-state index is -0.646. The summed E-state index contributed by atoms with van der Waals surface area (Å²) >= 11 is 0. The maximum Gasteiger partial charge on any atom is 0.239 e. The highest BCUT2D eigenvalue weighted by atomic mass is 19.1. The number of amides is 1. The van der Waals surface area contributed by atoms with Gasteiger partial charge in [-0.1, -0.05) is 0 Å². The predicted octanol–water partition coefficient (Wildman–Crippen LogP) is 1.07. The molecule has 20 heavy (non-hydrogen) atoms. The van der Waals surface area contributed by atoms with E-state index >= 15 is 0 Å². The molecule has 0 aliphatic carbocycles. The molecule has 0 aromatic carbocycles. The summed E-state index contributed by atoms with van der Waals surface area (Å²) in [6.07, 6.45) is 2.90. The molecule has 106 valence electrons. The van der Waals surface area contributed by atoms with Crippen LogP contribution in [0.1, 0.15) is 17.3 Å². The van der Waals surface area contributed by atoms with E-state index in [1.807, 2.05) is 0 Å². The summed E-state index contributed by atoms with van der Waals surface area (Å²) in [5, 5.41) is 0. The summed E-state index contributed by atoms with van der Waals surface area (Å²) in [7, 11) is 1.53. The second kappa shape index (κ2) is 5.42. The number of fused-ring (bicyclic) bond motifs is 1. The maximum atomic E-state index is 13.1. The van der Waals surface area contributed by atoms with Crippen molar-refractivity contribution in [1.29, 1.82) is 0 Å². The van der Waals surface area contributed by atoms with E-state index in [0.29, 0.717) is 11.1 Å². The van der Waals surface area contributed by atoms with Crippen molar-refractivity contribution in [3.63, 3.8) is 0 Å². The number of aromatic nitrogens is 1. The first kappa shape index (κ1) is 14.2. The fraction of sp³-hybridized carbons (Fsp3) is 0.286. The Hall–Kier alpha value is -2.21. The van der Waals surface area contributed by atoms with Gasteiger partial charge in [0, 0.05) is 25.0 Å². The molecule has 2 N–H and O–H groups in total. The van der Waals surface area contributed by atoms with Gasteiger partial charge in [-0.3, -0.25) is 9.59 Å². The molecule has 5 nitrogen and oxygen atoms in total. The smallest absolute Gasteiger partial charge is 0.239 e. The molecule has 6 heteroatoms. The number of rotatable bonds is 4. The number of pyridine rings is 1. The van der Waals surface area contributed by atoms with Crippen LogP contribution >= 0.6 is 0 Å². The highest BCUT2D eigenvalue weighted by molar-refractivity contribution is 6.05. The first-order valence-corrected chi connectivity index (χ1v) is 6.20. The van der Waals surface area contributed by atoms with Crippen LogP contribution in [0.5, 0.6) is 0 Å². The number of carbonyl (C=O) groups is 2. The first-order valence-electron chi connectivity index (χ1n) is 6.20. The van der Waals surface area contributed by atoms with E-state index in [1.54, 1.807) is 19.2 Å². The van der Waals surface area contributed by atoms with E-state index in [1.165, 1.54) is 34.7 Å². The topological polar surface area (TPSA) is 67.8 Å². The monoisotopic (exact) mass is 277 g/mol. The molecule has 0 saturated carbocycles. The van der Waals surface area contributed by atoms with Crippen LogP contribution in [0.15, 0.2) is 30.6 Å². The third kappa shape index (κ3) is 2.70. The second-order valence-corrected chi connectivity index (χ2v) is 4.78. The van der Waals surface area contributed by atoms with Gasteiger partial charge in [-0.15, -0.1) is 0 Å². The molecule has 0 fully saturated rings. The summed E-state index contributed by atoms with van der Waals surface area (Å²) < 4.78 is 14.6. The first-order chi connectivity index (χ1) is 9.40. The van der Waals surface area contributed by atoms with Gasteiger partial charge in [0.05, 0.1) is 18.1 Å². The fourth-order valence-corrected chi connectivity index (χ4v) is 2.04. The van der Waals surface area contributed by atoms with Crippen LogP contribution in [-0.2, 0) is 4.79 Å². The Morgan fingerprint density at radius 2 is 2.10 bits per heavy atom. The van der Waals surface area contributed by atoms with Gasteiger partial charge in [-0.25, -0.2) is 4.39 Å². The molecule has 0 bridgehead atoms. The Kier molecular flexibility index (Phi) is 3.85. The van der Waals surface area contributed by atoms with Crippen LogP contribution in [0, 0.1) is 5.82 Å². The van der Waals surface area contributed by atoms with Gasteiger partial charge in [0.2, 0.25) is 5.91 Å². The number of carbonyl (C=O) groups excluding carboxylic acids is 2. The Morgan fingerprint density at radius 3 is 2.75 bits per heavy atom. The Morgan fingerprint density at radius 1 is 1.40 bits per heavy atom. The van der Waals surface area contributed by atoms with E-state index in [-0.39, 0.29) is 24.1 Å². The lowest BCUT2D eigenvalue weighted by Gasteiger charge is -2.18. The number of likely N-dealkylation sites (N-methyl/N-ethyl adjacent to an activating group) is 1. The molecule has 1 atom stereocenters. The average molecular weight is 277 g/mol. The van der Waals surface area contributed by atoms with Gasteiger partial charge in [0.1, 0.15) is 5.82 Å². The summed E-state index contributed by atoms with van der Waals surface area (Å²) in [5.41, 5.74) is 6.55. The van der Waals surface area contributed by atoms with E-state index in [2.05, 4.69) is 0 Å². The molecule has 0 unspecified atom stereocenters. The van der Waals surface area contributed by atoms with E-state index in [4.69, 9.17) is 5.73 Å². The summed E-state index contributed by atoms with van der Waals surface area (Å²) in [6.45, 7) is 1.51. The average Bonchev–Trinajstić information content (AvgIpc) is 2.80. The van der Waals surface area contributed by atoms with E-state index in [0.717, 1.165) is 0 Å². The lowest BCUT2D eigenvalue weighted by molar-refractivity contribution is -0.130. The van der Waals surface area contributed by atoms with E-state index in [9.17, 15) is 14.0 Å². The van der Waals surface area contributed by atoms with Gasteiger partial charge < -0.3 is 15.0 Å². The van der Waals surface area contributed by atoms with Crippen molar-refractivity contribution in [1.82, 2.24) is 9.30 Å². The lowest BCUT2D eigenvalue weighted by Crippen LogP contribution is -2.42. The number of nitrogens with two attached hydrogens (primary N) is 1. The van der Waals surface area contributed by atoms with Gasteiger partial charge in [0.15, 0.2) is 5.78 Å². The van der Waals surface area contributed by atoms with Crippen molar-refractivity contribution in [3.8, 4) is 0 Å². The summed E-state index contributed by atoms with van der Waals surface area (Å²) in [5.74, 6) is -0.889. The van der Waals surface area contributed by atoms with Crippen LogP contribution in [0.2, 0.25) is 0 Å². The Labute approximate surface area is 115 Å². The van der Waals surface area contributed by atoms with Crippen molar-refractivity contribution < 1.29 is 14.0 Å². The zero-order valence-corrected chi connectivity index (χ0v) is 11.3. The molecular formula is C14H16FN3O2. The second-order valence-electron chi connectivity index (χ2n) is 4.78. The van der Waals surface area contributed by atoms with E-state index < -0.39 is 6.04 Å². The van der Waals surface area contributed by atoms with Crippen molar-refractivity contribution in [2.75, 3.05) is 13.6 Å². The Bertz CT molecular complexity index is 663. The minimum Gasteiger partial charge on any atom is -0.337 e. The van der Waals surface area contributed by atoms with Gasteiger partial charge in [-0.2, -0.15) is 0 Å². The summed E-state index contributed by atoms with van der Waals surface area (Å²) in [4.78, 5) is 25.1. The third-order valence-electron chi connectivity index (χ3n) is 3.07. The molecule has 0 aliphatic heterocycles. The maximum absolute atomic E-state index is 13.1. The van der Waals surface area contributed by atoms with Gasteiger partial charge >= 0.3 is 0 Å². The number of halogens is 1. The number of Topliss-reactive ketones (excluding diaryl/α,β-unsaturated/α-hetero) is 1. The zero-order chi connectivity index (χ0) is 14.9. The highest BCUT2D eigenvalue weighted by Gasteiger charge is 2.19. The van der Waals surface area contributed by atoms with Crippen LogP contribution in [0.25, 0.3) is 5.52 Å². The van der Waals surface area contributed by atoms with Crippen LogP contribution in [0.3, 0.4) is 0 Å². The van der Waals surface area contributed by atoms with Crippen LogP contribution in [-0.4, -0.2) is 40.6 Å². The quantitative estimate of drug-likeness (QED) is 0.850. The van der Waals surface area contributed by atoms with Crippen LogP contribution < -0.4 is 5.73 Å². The molecule has 1 amide bonds. The molecule has 2 aromatic heterocycles. The molecule has 0 spiro atoms. The number of ketones is 1. The van der Waals surface area contributed by atoms with Crippen LogP contribution in [0.4, 0.5) is 4.39 Å². The molecule has 2 rings (SSSR count). The molecule has 0 radical (unpaired) electrons. The molecular weight excluding hydrogens is 261 g/mol. The number of nitrogens with zero attached hydrogens (tertiary/aromatic N) is 2. The lowest BCUT2D eigenvalue weighted by atomic mass is 10.1. The molecule has 0 aliphatic rings. The predicted molar refractivity (Wildman–Crippen MR) is 73.0 cm³/mol. The van der Waals surface area contributed by atoms with Crippen molar-refractivity contribution >= 4 is 17.2 Å². The molecule has 0 saturated heterocycles. The zero-order valence-electron chi connectivity index (χ0n) is 11.3. The normalized spacial score (nSPS) is 12.4. The van der Waals surface area contributed by atoms with Gasteiger partial charge in [-0.05, 0) is 25.1 Å². The molecule has 2 aromatic rings. The minimum absolute atomic E-state index is 0.0581. The standard InChI is InChI=1S/C14H16FN3O2/c1-9(16)14(20)17(2)8-13(19)11-5-6-18-7-10(15)3-4-12(11)18/h3-7,9H,8,16H2,1-2H3/t9-/m0/s1. The highest BCUT2D eigenvalue weighted by Crippen LogP contribution is 2.14. The van der Waals surface area contributed by atoms with Crippen molar-refractivity contribution in [3.05, 3.63) is 42.0 Å². The summed E-state index contributed by atoms with van der Waals surface area (Å²) in [6, 6.07) is 3.80.